The van der Waals surface area contributed by atoms with E-state index in [1.165, 1.54) is 0 Å². The topological polar surface area (TPSA) is 66.7 Å². The molecular formula is C21H25N3O3S. The van der Waals surface area contributed by atoms with Crippen LogP contribution < -0.4 is 0 Å². The first-order valence-electron chi connectivity index (χ1n) is 9.76. The molecule has 1 aliphatic carbocycles. The number of amides is 2. The van der Waals surface area contributed by atoms with Gasteiger partial charge in [0.2, 0.25) is 5.91 Å². The quantitative estimate of drug-likeness (QED) is 0.722. The SMILES string of the molecule is Cc1noc(C)c1CSc1ccccc1C(=O)N1CCN(C(=O)C2CC2)CC1. The Morgan fingerprint density at radius 3 is 2.43 bits per heavy atom. The van der Waals surface area contributed by atoms with E-state index in [0.29, 0.717) is 26.2 Å². The monoisotopic (exact) mass is 399 g/mol. The van der Waals surface area contributed by atoms with Gasteiger partial charge in [0.1, 0.15) is 5.76 Å². The molecule has 0 spiro atoms. The van der Waals surface area contributed by atoms with E-state index in [-0.39, 0.29) is 17.7 Å². The predicted molar refractivity (Wildman–Crippen MR) is 107 cm³/mol. The fraction of sp³-hybridized carbons (Fsp3) is 0.476. The highest BCUT2D eigenvalue weighted by Crippen LogP contribution is 2.32. The molecule has 4 rings (SSSR count). The molecule has 2 aliphatic rings. The molecule has 2 heterocycles. The summed E-state index contributed by atoms with van der Waals surface area (Å²) >= 11 is 1.63. The first-order valence-corrected chi connectivity index (χ1v) is 10.7. The molecule has 6 nitrogen and oxygen atoms in total. The molecule has 7 heteroatoms. The molecule has 0 unspecified atom stereocenters. The Labute approximate surface area is 169 Å². The van der Waals surface area contributed by atoms with Crippen LogP contribution in [-0.4, -0.2) is 52.9 Å². The fourth-order valence-electron chi connectivity index (χ4n) is 3.52. The third kappa shape index (κ3) is 3.94. The third-order valence-corrected chi connectivity index (χ3v) is 6.58. The van der Waals surface area contributed by atoms with Crippen molar-refractivity contribution < 1.29 is 14.1 Å². The van der Waals surface area contributed by atoms with Crippen molar-refractivity contribution in [2.24, 2.45) is 5.92 Å². The van der Waals surface area contributed by atoms with E-state index in [1.54, 1.807) is 11.8 Å². The van der Waals surface area contributed by atoms with E-state index < -0.39 is 0 Å². The van der Waals surface area contributed by atoms with E-state index in [4.69, 9.17) is 4.52 Å². The number of carbonyl (C=O) groups is 2. The lowest BCUT2D eigenvalue weighted by molar-refractivity contribution is -0.134. The average molecular weight is 400 g/mol. The zero-order valence-electron chi connectivity index (χ0n) is 16.3. The van der Waals surface area contributed by atoms with Gasteiger partial charge in [-0.3, -0.25) is 9.59 Å². The molecule has 0 atom stereocenters. The fourth-order valence-corrected chi connectivity index (χ4v) is 4.71. The number of thioether (sulfide) groups is 1. The molecular weight excluding hydrogens is 374 g/mol. The van der Waals surface area contributed by atoms with Crippen LogP contribution in [0, 0.1) is 19.8 Å². The Hall–Kier alpha value is -2.28. The Morgan fingerprint density at radius 1 is 1.11 bits per heavy atom. The summed E-state index contributed by atoms with van der Waals surface area (Å²) in [7, 11) is 0. The normalized spacial score (nSPS) is 17.1. The number of benzene rings is 1. The minimum Gasteiger partial charge on any atom is -0.361 e. The first kappa shape index (κ1) is 19.1. The summed E-state index contributed by atoms with van der Waals surface area (Å²) in [6.07, 6.45) is 2.04. The van der Waals surface area contributed by atoms with Gasteiger partial charge in [-0.2, -0.15) is 0 Å². The van der Waals surface area contributed by atoms with Gasteiger partial charge in [-0.1, -0.05) is 17.3 Å². The van der Waals surface area contributed by atoms with Gasteiger partial charge < -0.3 is 14.3 Å². The Kier molecular flexibility index (Phi) is 5.44. The van der Waals surface area contributed by atoms with Crippen LogP contribution in [0.15, 0.2) is 33.7 Å². The van der Waals surface area contributed by atoms with Gasteiger partial charge >= 0.3 is 0 Å². The Balaban J connectivity index is 1.41. The summed E-state index contributed by atoms with van der Waals surface area (Å²) in [5.41, 5.74) is 2.70. The lowest BCUT2D eigenvalue weighted by Gasteiger charge is -2.35. The van der Waals surface area contributed by atoms with Crippen LogP contribution in [0.2, 0.25) is 0 Å². The lowest BCUT2D eigenvalue weighted by atomic mass is 10.1. The van der Waals surface area contributed by atoms with Crippen LogP contribution in [0.5, 0.6) is 0 Å². The van der Waals surface area contributed by atoms with Crippen molar-refractivity contribution >= 4 is 23.6 Å². The summed E-state index contributed by atoms with van der Waals surface area (Å²) in [6, 6.07) is 7.74. The van der Waals surface area contributed by atoms with Crippen molar-refractivity contribution in [3.63, 3.8) is 0 Å². The van der Waals surface area contributed by atoms with Crippen molar-refractivity contribution in [2.45, 2.75) is 37.3 Å². The van der Waals surface area contributed by atoms with Gasteiger partial charge in [0, 0.05) is 48.3 Å². The maximum absolute atomic E-state index is 13.1. The second-order valence-corrected chi connectivity index (χ2v) is 8.50. The minimum absolute atomic E-state index is 0.0420. The van der Waals surface area contributed by atoms with Crippen LogP contribution in [0.1, 0.15) is 40.2 Å². The molecule has 1 aromatic heterocycles. The standard InChI is InChI=1S/C21H25N3O3S/c1-14-18(15(2)27-22-14)13-28-19-6-4-3-5-17(19)21(26)24-11-9-23(10-12-24)20(25)16-7-8-16/h3-6,16H,7-13H2,1-2H3. The largest absolute Gasteiger partial charge is 0.361 e. The number of aryl methyl sites for hydroxylation is 2. The van der Waals surface area contributed by atoms with E-state index >= 15 is 0 Å². The highest BCUT2D eigenvalue weighted by molar-refractivity contribution is 7.98. The summed E-state index contributed by atoms with van der Waals surface area (Å²) in [5.74, 6) is 2.09. The minimum atomic E-state index is 0.0420. The highest BCUT2D eigenvalue weighted by Gasteiger charge is 2.35. The molecule has 0 radical (unpaired) electrons. The van der Waals surface area contributed by atoms with E-state index in [1.807, 2.05) is 47.9 Å². The lowest BCUT2D eigenvalue weighted by Crippen LogP contribution is -2.51. The molecule has 2 fully saturated rings. The molecule has 2 amide bonds. The van der Waals surface area contributed by atoms with Crippen molar-refractivity contribution in [3.8, 4) is 0 Å². The number of rotatable bonds is 5. The second kappa shape index (κ2) is 7.99. The molecule has 1 aliphatic heterocycles. The van der Waals surface area contributed by atoms with Crippen molar-refractivity contribution in [1.82, 2.24) is 15.0 Å². The van der Waals surface area contributed by atoms with Gasteiger partial charge in [-0.05, 0) is 38.8 Å². The molecule has 1 saturated carbocycles. The predicted octanol–water partition coefficient (Wildman–Crippen LogP) is 3.28. The van der Waals surface area contributed by atoms with Gasteiger partial charge in [0.25, 0.3) is 5.91 Å². The average Bonchev–Trinajstić information content (AvgIpc) is 3.52. The van der Waals surface area contributed by atoms with Crippen LogP contribution >= 0.6 is 11.8 Å². The molecule has 1 aromatic carbocycles. The van der Waals surface area contributed by atoms with Gasteiger partial charge in [0.05, 0.1) is 11.3 Å². The molecule has 0 N–H and O–H groups in total. The number of hydrogen-bond donors (Lipinski definition) is 0. The molecule has 148 valence electrons. The molecule has 2 aromatic rings. The highest BCUT2D eigenvalue weighted by atomic mass is 32.2. The number of nitrogens with zero attached hydrogens (tertiary/aromatic N) is 3. The summed E-state index contributed by atoms with van der Waals surface area (Å²) in [4.78, 5) is 30.1. The van der Waals surface area contributed by atoms with Crippen molar-refractivity contribution in [3.05, 3.63) is 46.8 Å². The van der Waals surface area contributed by atoms with Crippen LogP contribution in [0.3, 0.4) is 0 Å². The summed E-state index contributed by atoms with van der Waals surface area (Å²) < 4.78 is 5.24. The van der Waals surface area contributed by atoms with E-state index in [2.05, 4.69) is 5.16 Å². The summed E-state index contributed by atoms with van der Waals surface area (Å²) in [6.45, 7) is 6.31. The molecule has 1 saturated heterocycles. The van der Waals surface area contributed by atoms with Gasteiger partial charge in [-0.15, -0.1) is 11.8 Å². The van der Waals surface area contributed by atoms with Crippen LogP contribution in [-0.2, 0) is 10.5 Å². The van der Waals surface area contributed by atoms with E-state index in [0.717, 1.165) is 46.1 Å². The Bertz CT molecular complexity index is 863. The van der Waals surface area contributed by atoms with Gasteiger partial charge in [0.15, 0.2) is 0 Å². The number of piperazine rings is 1. The Morgan fingerprint density at radius 2 is 1.79 bits per heavy atom. The zero-order valence-corrected chi connectivity index (χ0v) is 17.1. The van der Waals surface area contributed by atoms with Crippen LogP contribution in [0.4, 0.5) is 0 Å². The van der Waals surface area contributed by atoms with Crippen LogP contribution in [0.25, 0.3) is 0 Å². The number of carbonyl (C=O) groups excluding carboxylic acids is 2. The maximum atomic E-state index is 13.1. The second-order valence-electron chi connectivity index (χ2n) is 7.48. The smallest absolute Gasteiger partial charge is 0.255 e. The molecule has 0 bridgehead atoms. The summed E-state index contributed by atoms with van der Waals surface area (Å²) in [5, 5.41) is 4.00. The third-order valence-electron chi connectivity index (χ3n) is 5.48. The van der Waals surface area contributed by atoms with Crippen molar-refractivity contribution in [1.29, 1.82) is 0 Å². The molecule has 28 heavy (non-hydrogen) atoms. The number of aromatic nitrogens is 1. The maximum Gasteiger partial charge on any atom is 0.255 e. The number of hydrogen-bond acceptors (Lipinski definition) is 5. The first-order chi connectivity index (χ1) is 13.5. The van der Waals surface area contributed by atoms with E-state index in [9.17, 15) is 9.59 Å². The van der Waals surface area contributed by atoms with Gasteiger partial charge in [-0.25, -0.2) is 0 Å². The zero-order chi connectivity index (χ0) is 19.7. The van der Waals surface area contributed by atoms with Crippen molar-refractivity contribution in [2.75, 3.05) is 26.2 Å².